The predicted molar refractivity (Wildman–Crippen MR) is 129 cm³/mol. The van der Waals surface area contributed by atoms with Crippen LogP contribution >= 0.6 is 0 Å². The molecular formula is C23H29N5O11. The Bertz CT molecular complexity index is 1330. The second kappa shape index (κ2) is 12.0. The third kappa shape index (κ3) is 6.95. The number of esters is 4. The maximum atomic E-state index is 12.7. The first-order chi connectivity index (χ1) is 18.3. The van der Waals surface area contributed by atoms with Gasteiger partial charge in [-0.2, -0.15) is 4.98 Å². The SMILES string of the molecule is CC(=O)OC[C@@H](OC(C)=O)[C@H]1O[C@@H](n2cnc3c(=O)[nH]c(NC(=O)C(C)C)nc32)[C@H](OC(C)=O)[C@@H]1OC(C)=O. The van der Waals surface area contributed by atoms with E-state index in [0.717, 1.165) is 27.7 Å². The summed E-state index contributed by atoms with van der Waals surface area (Å²) in [6, 6.07) is 0. The summed E-state index contributed by atoms with van der Waals surface area (Å²) in [5, 5.41) is 2.49. The lowest BCUT2D eigenvalue weighted by Crippen LogP contribution is -2.46. The van der Waals surface area contributed by atoms with E-state index < -0.39 is 78.5 Å². The van der Waals surface area contributed by atoms with Crippen molar-refractivity contribution in [2.75, 3.05) is 11.9 Å². The number of aromatic nitrogens is 4. The number of ether oxygens (including phenoxy) is 5. The largest absolute Gasteiger partial charge is 0.462 e. The molecule has 0 aliphatic carbocycles. The van der Waals surface area contributed by atoms with Crippen molar-refractivity contribution in [3.8, 4) is 0 Å². The Hall–Kier alpha value is -4.34. The maximum Gasteiger partial charge on any atom is 0.303 e. The quantitative estimate of drug-likeness (QED) is 0.310. The van der Waals surface area contributed by atoms with Gasteiger partial charge >= 0.3 is 23.9 Å². The van der Waals surface area contributed by atoms with Crippen LogP contribution in [0.2, 0.25) is 0 Å². The topological polar surface area (TPSA) is 207 Å². The van der Waals surface area contributed by atoms with E-state index in [-0.39, 0.29) is 17.1 Å². The Morgan fingerprint density at radius 1 is 1.03 bits per heavy atom. The lowest BCUT2D eigenvalue weighted by molar-refractivity contribution is -0.177. The predicted octanol–water partition coefficient (Wildman–Crippen LogP) is -0.0303. The summed E-state index contributed by atoms with van der Waals surface area (Å²) in [6.45, 7) is 7.32. The van der Waals surface area contributed by atoms with Crippen LogP contribution in [0.4, 0.5) is 5.95 Å². The van der Waals surface area contributed by atoms with Crippen LogP contribution < -0.4 is 10.9 Å². The number of hydrogen-bond donors (Lipinski definition) is 2. The first kappa shape index (κ1) is 29.2. The molecule has 16 heteroatoms. The Morgan fingerprint density at radius 2 is 1.67 bits per heavy atom. The van der Waals surface area contributed by atoms with Crippen LogP contribution in [0, 0.1) is 5.92 Å². The van der Waals surface area contributed by atoms with E-state index in [4.69, 9.17) is 23.7 Å². The van der Waals surface area contributed by atoms with Gasteiger partial charge in [0.1, 0.15) is 12.7 Å². The van der Waals surface area contributed by atoms with Crippen molar-refractivity contribution >= 4 is 46.9 Å². The molecular weight excluding hydrogens is 522 g/mol. The van der Waals surface area contributed by atoms with Gasteiger partial charge in [0.25, 0.3) is 5.56 Å². The van der Waals surface area contributed by atoms with E-state index >= 15 is 0 Å². The zero-order valence-corrected chi connectivity index (χ0v) is 22.1. The molecule has 2 aromatic heterocycles. The lowest BCUT2D eigenvalue weighted by Gasteiger charge is -2.27. The normalized spacial score (nSPS) is 21.3. The number of nitrogens with one attached hydrogen (secondary N) is 2. The number of hydrogen-bond acceptors (Lipinski definition) is 13. The summed E-state index contributed by atoms with van der Waals surface area (Å²) in [6.07, 6.45) is -5.42. The Balaban J connectivity index is 2.12. The van der Waals surface area contributed by atoms with Crippen molar-refractivity contribution in [3.05, 3.63) is 16.7 Å². The van der Waals surface area contributed by atoms with Gasteiger partial charge in [0.05, 0.1) is 6.33 Å². The third-order valence-corrected chi connectivity index (χ3v) is 5.44. The Kier molecular flexibility index (Phi) is 9.00. The average Bonchev–Trinajstić information content (AvgIpc) is 3.37. The van der Waals surface area contributed by atoms with E-state index in [1.54, 1.807) is 13.8 Å². The second-order valence-corrected chi connectivity index (χ2v) is 8.97. The van der Waals surface area contributed by atoms with Gasteiger partial charge in [-0.05, 0) is 0 Å². The smallest absolute Gasteiger partial charge is 0.303 e. The number of nitrogens with zero attached hydrogens (tertiary/aromatic N) is 3. The van der Waals surface area contributed by atoms with Gasteiger partial charge in [0, 0.05) is 33.6 Å². The van der Waals surface area contributed by atoms with E-state index in [2.05, 4.69) is 20.3 Å². The zero-order chi connectivity index (χ0) is 29.0. The highest BCUT2D eigenvalue weighted by Crippen LogP contribution is 2.37. The van der Waals surface area contributed by atoms with Gasteiger partial charge < -0.3 is 23.7 Å². The van der Waals surface area contributed by atoms with Crippen LogP contribution in [0.1, 0.15) is 47.8 Å². The van der Waals surface area contributed by atoms with Gasteiger partial charge in [-0.15, -0.1) is 0 Å². The first-order valence-electron chi connectivity index (χ1n) is 11.9. The monoisotopic (exact) mass is 551 g/mol. The minimum atomic E-state index is -1.35. The van der Waals surface area contributed by atoms with Crippen molar-refractivity contribution in [1.82, 2.24) is 19.5 Å². The first-order valence-corrected chi connectivity index (χ1v) is 11.9. The van der Waals surface area contributed by atoms with Crippen LogP contribution in [-0.4, -0.2) is 80.3 Å². The minimum Gasteiger partial charge on any atom is -0.462 e. The summed E-state index contributed by atoms with van der Waals surface area (Å²) >= 11 is 0. The fourth-order valence-electron chi connectivity index (χ4n) is 3.87. The number of aromatic amines is 1. The van der Waals surface area contributed by atoms with E-state index in [0.29, 0.717) is 0 Å². The lowest BCUT2D eigenvalue weighted by atomic mass is 10.0. The summed E-state index contributed by atoms with van der Waals surface area (Å²) in [5.41, 5.74) is -0.876. The number of rotatable bonds is 9. The molecule has 0 bridgehead atoms. The van der Waals surface area contributed by atoms with Crippen LogP contribution in [-0.2, 0) is 47.7 Å². The van der Waals surface area contributed by atoms with Gasteiger partial charge in [0.15, 0.2) is 35.7 Å². The zero-order valence-electron chi connectivity index (χ0n) is 22.1. The summed E-state index contributed by atoms with van der Waals surface area (Å²) in [4.78, 5) is 82.9. The van der Waals surface area contributed by atoms with Crippen LogP contribution in [0.15, 0.2) is 11.1 Å². The molecule has 2 aromatic rings. The molecule has 0 unspecified atom stereocenters. The Morgan fingerprint density at radius 3 is 2.23 bits per heavy atom. The van der Waals surface area contributed by atoms with Crippen LogP contribution in [0.25, 0.3) is 11.2 Å². The number of imidazole rings is 1. The average molecular weight is 552 g/mol. The molecule has 39 heavy (non-hydrogen) atoms. The molecule has 16 nitrogen and oxygen atoms in total. The molecule has 1 fully saturated rings. The van der Waals surface area contributed by atoms with Crippen molar-refractivity contribution < 1.29 is 47.7 Å². The summed E-state index contributed by atoms with van der Waals surface area (Å²) < 4.78 is 28.5. The molecule has 1 aliphatic heterocycles. The molecule has 0 saturated carbocycles. The number of carbonyl (C=O) groups is 5. The number of carbonyl (C=O) groups excluding carboxylic acids is 5. The molecule has 0 aromatic carbocycles. The number of amides is 1. The number of anilines is 1. The van der Waals surface area contributed by atoms with E-state index in [1.807, 2.05) is 0 Å². The van der Waals surface area contributed by atoms with Gasteiger partial charge in [-0.1, -0.05) is 13.8 Å². The number of H-pyrrole nitrogens is 1. The molecule has 1 amide bonds. The molecule has 0 radical (unpaired) electrons. The minimum absolute atomic E-state index is 0.0637. The molecule has 1 saturated heterocycles. The second-order valence-electron chi connectivity index (χ2n) is 8.97. The maximum absolute atomic E-state index is 12.7. The molecule has 0 spiro atoms. The van der Waals surface area contributed by atoms with Crippen LogP contribution in [0.5, 0.6) is 0 Å². The highest BCUT2D eigenvalue weighted by molar-refractivity contribution is 5.91. The highest BCUT2D eigenvalue weighted by Gasteiger charge is 2.54. The van der Waals surface area contributed by atoms with Crippen molar-refractivity contribution in [2.45, 2.75) is 72.2 Å². The van der Waals surface area contributed by atoms with E-state index in [1.165, 1.54) is 10.9 Å². The molecule has 3 rings (SSSR count). The van der Waals surface area contributed by atoms with Crippen molar-refractivity contribution in [1.29, 1.82) is 0 Å². The summed E-state index contributed by atoms with van der Waals surface area (Å²) in [5.74, 6) is -3.97. The summed E-state index contributed by atoms with van der Waals surface area (Å²) in [7, 11) is 0. The fourth-order valence-corrected chi connectivity index (χ4v) is 3.87. The van der Waals surface area contributed by atoms with Gasteiger partial charge in [-0.3, -0.25) is 43.6 Å². The molecule has 3 heterocycles. The molecule has 212 valence electrons. The van der Waals surface area contributed by atoms with E-state index in [9.17, 15) is 28.8 Å². The van der Waals surface area contributed by atoms with Gasteiger partial charge in [-0.25, -0.2) is 4.98 Å². The molecule has 2 N–H and O–H groups in total. The Labute approximate surface area is 221 Å². The van der Waals surface area contributed by atoms with Crippen molar-refractivity contribution in [3.63, 3.8) is 0 Å². The number of fused-ring (bicyclic) bond motifs is 1. The van der Waals surface area contributed by atoms with Crippen LogP contribution in [0.3, 0.4) is 0 Å². The van der Waals surface area contributed by atoms with Gasteiger partial charge in [0.2, 0.25) is 11.9 Å². The van der Waals surface area contributed by atoms with Crippen molar-refractivity contribution in [2.24, 2.45) is 5.92 Å². The third-order valence-electron chi connectivity index (χ3n) is 5.44. The standard InChI is InChI=1S/C23H29N5O11/c1-9(2)20(33)26-23-25-19-15(21(34)27-23)24-8-28(19)22-18(38-13(6)32)17(37-12(5)31)16(39-22)14(36-11(4)30)7-35-10(3)29/h8-9,14,16-18,22H,7H2,1-6H3,(H2,25,26,27,33,34)/t14-,16-,17-,18-,22-/m1/s1. The molecule has 1 aliphatic rings. The molecule has 5 atom stereocenters. The highest BCUT2D eigenvalue weighted by atomic mass is 16.7. The fraction of sp³-hybridized carbons (Fsp3) is 0.565.